The molecule has 0 bridgehead atoms. The third-order valence-corrected chi connectivity index (χ3v) is 3.26. The summed E-state index contributed by atoms with van der Waals surface area (Å²) in [4.78, 5) is 1.41. The molecule has 0 fully saturated rings. The summed E-state index contributed by atoms with van der Waals surface area (Å²) in [5.74, 6) is 1.77. The van der Waals surface area contributed by atoms with E-state index in [0.29, 0.717) is 5.92 Å². The van der Waals surface area contributed by atoms with E-state index in [1.165, 1.54) is 4.88 Å². The summed E-state index contributed by atoms with van der Waals surface area (Å²) in [5.41, 5.74) is 0. The number of likely N-dealkylation sites (N-methyl/N-ethyl adjacent to an activating group) is 1. The van der Waals surface area contributed by atoms with Crippen molar-refractivity contribution in [3.05, 3.63) is 16.3 Å². The minimum atomic E-state index is 0.666. The van der Waals surface area contributed by atoms with E-state index in [4.69, 9.17) is 4.74 Å². The number of thiophene rings is 1. The Labute approximate surface area is 76.6 Å². The number of hydrogen-bond acceptors (Lipinski definition) is 3. The second-order valence-electron chi connectivity index (χ2n) is 3.04. The minimum Gasteiger partial charge on any atom is -0.492 e. The second-order valence-corrected chi connectivity index (χ2v) is 3.99. The lowest BCUT2D eigenvalue weighted by Crippen LogP contribution is -2.22. The molecule has 1 aromatic rings. The Balaban J connectivity index is 2.19. The molecule has 1 unspecified atom stereocenters. The van der Waals surface area contributed by atoms with Crippen molar-refractivity contribution >= 4 is 11.3 Å². The molecule has 1 atom stereocenters. The first kappa shape index (κ1) is 8.08. The van der Waals surface area contributed by atoms with Gasteiger partial charge >= 0.3 is 0 Å². The maximum absolute atomic E-state index is 5.52. The zero-order valence-corrected chi connectivity index (χ0v) is 7.99. The first-order valence-electron chi connectivity index (χ1n) is 4.26. The average molecular weight is 183 g/mol. The van der Waals surface area contributed by atoms with Crippen molar-refractivity contribution in [3.8, 4) is 5.75 Å². The van der Waals surface area contributed by atoms with Crippen LogP contribution in [0.25, 0.3) is 0 Å². The van der Waals surface area contributed by atoms with Gasteiger partial charge < -0.3 is 10.1 Å². The van der Waals surface area contributed by atoms with Gasteiger partial charge in [0.05, 0.1) is 11.5 Å². The molecular weight excluding hydrogens is 170 g/mol. The van der Waals surface area contributed by atoms with Crippen LogP contribution in [0.15, 0.2) is 11.4 Å². The predicted molar refractivity (Wildman–Crippen MR) is 51.1 cm³/mol. The summed E-state index contributed by atoms with van der Waals surface area (Å²) in [5, 5.41) is 5.33. The van der Waals surface area contributed by atoms with Crippen molar-refractivity contribution in [1.82, 2.24) is 5.32 Å². The van der Waals surface area contributed by atoms with Crippen molar-refractivity contribution in [2.24, 2.45) is 0 Å². The average Bonchev–Trinajstić information content (AvgIpc) is 2.53. The molecule has 1 N–H and O–H groups in total. The van der Waals surface area contributed by atoms with E-state index < -0.39 is 0 Å². The van der Waals surface area contributed by atoms with Crippen molar-refractivity contribution in [2.45, 2.75) is 12.3 Å². The van der Waals surface area contributed by atoms with E-state index in [9.17, 15) is 0 Å². The first-order chi connectivity index (χ1) is 5.92. The molecule has 2 heterocycles. The van der Waals surface area contributed by atoms with Gasteiger partial charge in [0.1, 0.15) is 5.75 Å². The molecule has 0 spiro atoms. The topological polar surface area (TPSA) is 21.3 Å². The number of rotatable bonds is 2. The lowest BCUT2D eigenvalue weighted by molar-refractivity contribution is 0.270. The fraction of sp³-hybridized carbons (Fsp3) is 0.556. The fourth-order valence-electron chi connectivity index (χ4n) is 1.61. The molecule has 1 aromatic heterocycles. The van der Waals surface area contributed by atoms with Gasteiger partial charge in [-0.1, -0.05) is 0 Å². The number of nitrogens with one attached hydrogen (secondary N) is 1. The zero-order valence-electron chi connectivity index (χ0n) is 7.17. The smallest absolute Gasteiger partial charge is 0.133 e. The lowest BCUT2D eigenvalue weighted by Gasteiger charge is -2.22. The van der Waals surface area contributed by atoms with Gasteiger partial charge in [0.15, 0.2) is 0 Å². The van der Waals surface area contributed by atoms with Gasteiger partial charge in [-0.25, -0.2) is 0 Å². The Bertz CT molecular complexity index is 259. The SMILES string of the molecule is CNCC1CCOc2ccsc21. The highest BCUT2D eigenvalue weighted by Gasteiger charge is 2.21. The molecular formula is C9H13NOS. The quantitative estimate of drug-likeness (QED) is 0.755. The van der Waals surface area contributed by atoms with Crippen LogP contribution in [0, 0.1) is 0 Å². The molecule has 0 amide bonds. The third-order valence-electron chi connectivity index (χ3n) is 2.20. The number of hydrogen-bond donors (Lipinski definition) is 1. The van der Waals surface area contributed by atoms with Crippen LogP contribution in [-0.2, 0) is 0 Å². The van der Waals surface area contributed by atoms with Crippen LogP contribution in [0.1, 0.15) is 17.2 Å². The third kappa shape index (κ3) is 1.34. The molecule has 0 saturated heterocycles. The zero-order chi connectivity index (χ0) is 8.39. The van der Waals surface area contributed by atoms with Crippen molar-refractivity contribution < 1.29 is 4.74 Å². The Kier molecular flexibility index (Phi) is 2.33. The van der Waals surface area contributed by atoms with Crippen LogP contribution in [0.5, 0.6) is 5.75 Å². The molecule has 1 aliphatic rings. The van der Waals surface area contributed by atoms with Gasteiger partial charge in [-0.05, 0) is 24.9 Å². The Morgan fingerprint density at radius 1 is 1.75 bits per heavy atom. The van der Waals surface area contributed by atoms with E-state index in [-0.39, 0.29) is 0 Å². The highest BCUT2D eigenvalue weighted by Crippen LogP contribution is 2.37. The molecule has 0 aliphatic carbocycles. The lowest BCUT2D eigenvalue weighted by atomic mass is 10.0. The number of fused-ring (bicyclic) bond motifs is 1. The highest BCUT2D eigenvalue weighted by atomic mass is 32.1. The van der Waals surface area contributed by atoms with Gasteiger partial charge in [-0.2, -0.15) is 0 Å². The minimum absolute atomic E-state index is 0.666. The Morgan fingerprint density at radius 2 is 2.67 bits per heavy atom. The van der Waals surface area contributed by atoms with Gasteiger partial charge in [0.2, 0.25) is 0 Å². The van der Waals surface area contributed by atoms with Crippen LogP contribution in [0.2, 0.25) is 0 Å². The van der Waals surface area contributed by atoms with E-state index in [2.05, 4.69) is 16.8 Å². The van der Waals surface area contributed by atoms with E-state index in [1.54, 1.807) is 0 Å². The van der Waals surface area contributed by atoms with Crippen molar-refractivity contribution in [3.63, 3.8) is 0 Å². The summed E-state index contributed by atoms with van der Waals surface area (Å²) in [6, 6.07) is 2.07. The largest absolute Gasteiger partial charge is 0.492 e. The maximum Gasteiger partial charge on any atom is 0.133 e. The summed E-state index contributed by atoms with van der Waals surface area (Å²) in [7, 11) is 2.00. The molecule has 2 rings (SSSR count). The Hall–Kier alpha value is -0.540. The fourth-order valence-corrected chi connectivity index (χ4v) is 2.58. The van der Waals surface area contributed by atoms with Gasteiger partial charge in [-0.3, -0.25) is 0 Å². The molecule has 1 aliphatic heterocycles. The summed E-state index contributed by atoms with van der Waals surface area (Å²) >= 11 is 1.81. The van der Waals surface area contributed by atoms with Crippen molar-refractivity contribution in [1.29, 1.82) is 0 Å². The molecule has 0 aromatic carbocycles. The van der Waals surface area contributed by atoms with Gasteiger partial charge in [0, 0.05) is 12.5 Å². The van der Waals surface area contributed by atoms with Crippen LogP contribution >= 0.6 is 11.3 Å². The molecule has 12 heavy (non-hydrogen) atoms. The van der Waals surface area contributed by atoms with Crippen LogP contribution in [0.4, 0.5) is 0 Å². The van der Waals surface area contributed by atoms with Gasteiger partial charge in [0.25, 0.3) is 0 Å². The number of ether oxygens (including phenoxy) is 1. The molecule has 2 nitrogen and oxygen atoms in total. The summed E-state index contributed by atoms with van der Waals surface area (Å²) < 4.78 is 5.52. The first-order valence-corrected chi connectivity index (χ1v) is 5.14. The monoisotopic (exact) mass is 183 g/mol. The van der Waals surface area contributed by atoms with E-state index in [0.717, 1.165) is 25.3 Å². The van der Waals surface area contributed by atoms with Gasteiger partial charge in [-0.15, -0.1) is 11.3 Å². The maximum atomic E-state index is 5.52. The van der Waals surface area contributed by atoms with Crippen LogP contribution < -0.4 is 10.1 Å². The van der Waals surface area contributed by atoms with E-state index in [1.807, 2.05) is 18.4 Å². The van der Waals surface area contributed by atoms with Crippen LogP contribution in [0.3, 0.4) is 0 Å². The summed E-state index contributed by atoms with van der Waals surface area (Å²) in [6.07, 6.45) is 1.15. The molecule has 0 saturated carbocycles. The second kappa shape index (κ2) is 3.46. The molecule has 0 radical (unpaired) electrons. The van der Waals surface area contributed by atoms with Crippen LogP contribution in [-0.4, -0.2) is 20.2 Å². The van der Waals surface area contributed by atoms with Crippen molar-refractivity contribution in [2.75, 3.05) is 20.2 Å². The normalized spacial score (nSPS) is 21.6. The predicted octanol–water partition coefficient (Wildman–Crippen LogP) is 1.83. The summed E-state index contributed by atoms with van der Waals surface area (Å²) in [6.45, 7) is 1.94. The van der Waals surface area contributed by atoms with E-state index >= 15 is 0 Å². The molecule has 66 valence electrons. The Morgan fingerprint density at radius 3 is 3.50 bits per heavy atom. The molecule has 3 heteroatoms. The standard InChI is InChI=1S/C9H13NOS/c1-10-6-7-2-4-11-8-3-5-12-9(7)8/h3,5,7,10H,2,4,6H2,1H3. The highest BCUT2D eigenvalue weighted by molar-refractivity contribution is 7.10.